The number of halogens is 4. The molecule has 0 aliphatic heterocycles. The first-order chi connectivity index (χ1) is 25.3. The molecule has 4 rings (SSSR count). The molecule has 3 aromatic carbocycles. The number of ether oxygens (including phenoxy) is 1. The van der Waals surface area contributed by atoms with E-state index < -0.39 is 75.0 Å². The highest BCUT2D eigenvalue weighted by Gasteiger charge is 2.31. The van der Waals surface area contributed by atoms with Crippen molar-refractivity contribution in [1.29, 1.82) is 0 Å². The van der Waals surface area contributed by atoms with Gasteiger partial charge in [-0.3, -0.25) is 9.78 Å². The molecule has 54 heavy (non-hydrogen) atoms. The zero-order valence-corrected chi connectivity index (χ0v) is 30.9. The quantitative estimate of drug-likeness (QED) is 0.113. The summed E-state index contributed by atoms with van der Waals surface area (Å²) in [6.45, 7) is 5.87. The molecule has 0 fully saturated rings. The zero-order valence-electron chi connectivity index (χ0n) is 30.1. The van der Waals surface area contributed by atoms with E-state index in [9.17, 15) is 36.3 Å². The van der Waals surface area contributed by atoms with E-state index in [2.05, 4.69) is 15.0 Å². The number of benzene rings is 3. The maximum atomic E-state index is 15.5. The van der Waals surface area contributed by atoms with Gasteiger partial charge in [0, 0.05) is 36.7 Å². The first-order valence-corrected chi connectivity index (χ1v) is 18.4. The minimum Gasteiger partial charge on any atom is -0.444 e. The molecule has 5 N–H and O–H groups in total. The fourth-order valence-electron chi connectivity index (χ4n) is 5.75. The number of aliphatic hydroxyl groups is 1. The van der Waals surface area contributed by atoms with Crippen LogP contribution in [0.15, 0.2) is 90.1 Å². The molecule has 0 aliphatic carbocycles. The number of anilines is 1. The van der Waals surface area contributed by atoms with Crippen LogP contribution in [0.4, 0.5) is 28.0 Å². The Hall–Kier alpha value is -4.90. The average Bonchev–Trinajstić information content (AvgIpc) is 3.07. The Kier molecular flexibility index (Phi) is 13.9. The highest BCUT2D eigenvalue weighted by molar-refractivity contribution is 7.89. The Bertz CT molecular complexity index is 1990. The van der Waals surface area contributed by atoms with E-state index in [1.165, 1.54) is 43.3 Å². The van der Waals surface area contributed by atoms with Gasteiger partial charge >= 0.3 is 6.09 Å². The van der Waals surface area contributed by atoms with Gasteiger partial charge in [0.15, 0.2) is 0 Å². The van der Waals surface area contributed by atoms with Crippen LogP contribution >= 0.6 is 0 Å². The van der Waals surface area contributed by atoms with E-state index >= 15 is 4.39 Å². The van der Waals surface area contributed by atoms with Crippen LogP contribution < -0.4 is 15.8 Å². The number of carbonyl (C=O) groups excluding carboxylic acids is 2. The molecule has 16 heteroatoms. The van der Waals surface area contributed by atoms with Gasteiger partial charge in [-0.2, -0.15) is 0 Å². The van der Waals surface area contributed by atoms with Crippen molar-refractivity contribution in [3.8, 4) is 0 Å². The van der Waals surface area contributed by atoms with Crippen LogP contribution in [0, 0.1) is 23.3 Å². The van der Waals surface area contributed by atoms with Crippen molar-refractivity contribution in [3.63, 3.8) is 0 Å². The lowest BCUT2D eigenvalue weighted by atomic mass is 9.84. The summed E-state index contributed by atoms with van der Waals surface area (Å²) in [5.41, 5.74) is 5.51. The third-order valence-corrected chi connectivity index (χ3v) is 9.63. The largest absolute Gasteiger partial charge is 0.444 e. The Morgan fingerprint density at radius 3 is 2.13 bits per heavy atom. The summed E-state index contributed by atoms with van der Waals surface area (Å²) in [4.78, 5) is 31.8. The maximum Gasteiger partial charge on any atom is 0.410 e. The number of carbonyl (C=O) groups is 2. The summed E-state index contributed by atoms with van der Waals surface area (Å²) in [7, 11) is -4.18. The molecule has 0 saturated heterocycles. The van der Waals surface area contributed by atoms with E-state index in [1.807, 2.05) is 0 Å². The molecule has 0 aliphatic rings. The zero-order chi connectivity index (χ0) is 39.8. The van der Waals surface area contributed by atoms with E-state index in [0.717, 1.165) is 41.6 Å². The van der Waals surface area contributed by atoms with Gasteiger partial charge in [0.2, 0.25) is 15.9 Å². The smallest absolute Gasteiger partial charge is 0.410 e. The van der Waals surface area contributed by atoms with E-state index in [0.29, 0.717) is 6.07 Å². The molecule has 0 unspecified atom stereocenters. The second-order valence-corrected chi connectivity index (χ2v) is 15.5. The van der Waals surface area contributed by atoms with Crippen molar-refractivity contribution in [3.05, 3.63) is 125 Å². The summed E-state index contributed by atoms with van der Waals surface area (Å²) in [6.07, 6.45) is -0.142. The highest BCUT2D eigenvalue weighted by Crippen LogP contribution is 2.30. The van der Waals surface area contributed by atoms with Gasteiger partial charge in [0.05, 0.1) is 35.1 Å². The standard InChI is InChI=1S/C38H43F4N5O6S/c1-23(48)21-47(37(50)53-38(2,3)4)22-29(46-54(51,52)30-8-6-5-7-9-30)14-15-31-32(42)19-44-20-33(31)45-36(49)35(43)34(24-10-12-26(39)13-11-24)25-16-27(40)18-28(41)17-25/h5-13,16-20,23,29,34-35,46,48H,14-15,21-22,43H2,1-4H3,(H,45,49)/t23-,29-,34-,35-/m0/s1. The Morgan fingerprint density at radius 1 is 0.907 bits per heavy atom. The number of hydrogen-bond acceptors (Lipinski definition) is 8. The van der Waals surface area contributed by atoms with Gasteiger partial charge in [-0.25, -0.2) is 35.5 Å². The van der Waals surface area contributed by atoms with Gasteiger partial charge in [-0.15, -0.1) is 0 Å². The minimum atomic E-state index is -4.18. The van der Waals surface area contributed by atoms with Crippen LogP contribution in [0.5, 0.6) is 0 Å². The van der Waals surface area contributed by atoms with Crippen molar-refractivity contribution in [1.82, 2.24) is 14.6 Å². The molecule has 0 bridgehead atoms. The number of nitrogens with one attached hydrogen (secondary N) is 2. The molecule has 1 aromatic heterocycles. The number of hydrogen-bond donors (Lipinski definition) is 4. The van der Waals surface area contributed by atoms with Gasteiger partial charge in [-0.05, 0) is 88.1 Å². The lowest BCUT2D eigenvalue weighted by molar-refractivity contribution is -0.117. The number of rotatable bonds is 15. The fraction of sp³-hybridized carbons (Fsp3) is 0.342. The van der Waals surface area contributed by atoms with Crippen LogP contribution in [-0.2, 0) is 26.0 Å². The summed E-state index contributed by atoms with van der Waals surface area (Å²) < 4.78 is 92.9. The van der Waals surface area contributed by atoms with Gasteiger partial charge in [0.25, 0.3) is 0 Å². The van der Waals surface area contributed by atoms with Crippen molar-refractivity contribution in [2.75, 3.05) is 18.4 Å². The van der Waals surface area contributed by atoms with E-state index in [4.69, 9.17) is 10.5 Å². The second-order valence-electron chi connectivity index (χ2n) is 13.8. The molecule has 4 aromatic rings. The predicted molar refractivity (Wildman–Crippen MR) is 194 cm³/mol. The van der Waals surface area contributed by atoms with Crippen molar-refractivity contribution in [2.45, 2.75) is 75.1 Å². The van der Waals surface area contributed by atoms with Gasteiger partial charge < -0.3 is 25.8 Å². The van der Waals surface area contributed by atoms with Crippen LogP contribution in [0.3, 0.4) is 0 Å². The fourth-order valence-corrected chi connectivity index (χ4v) is 7.03. The van der Waals surface area contributed by atoms with Gasteiger partial charge in [-0.1, -0.05) is 30.3 Å². The van der Waals surface area contributed by atoms with Crippen LogP contribution in [0.1, 0.15) is 56.7 Å². The number of aromatic nitrogens is 1. The minimum absolute atomic E-state index is 0.0142. The maximum absolute atomic E-state index is 15.5. The molecule has 2 amide bonds. The number of nitrogens with zero attached hydrogens (tertiary/aromatic N) is 2. The second kappa shape index (κ2) is 18.0. The van der Waals surface area contributed by atoms with Gasteiger partial charge in [0.1, 0.15) is 28.9 Å². The molecule has 290 valence electrons. The Balaban J connectivity index is 1.65. The van der Waals surface area contributed by atoms with E-state index in [1.54, 1.807) is 26.8 Å². The number of amides is 2. The lowest BCUT2D eigenvalue weighted by Gasteiger charge is -2.31. The molecule has 0 spiro atoms. The topological polar surface area (TPSA) is 164 Å². The Morgan fingerprint density at radius 2 is 1.54 bits per heavy atom. The van der Waals surface area contributed by atoms with Crippen molar-refractivity contribution < 1.29 is 45.4 Å². The Labute approximate surface area is 311 Å². The molecular weight excluding hydrogens is 731 g/mol. The molecular formula is C38H43F4N5O6S. The average molecular weight is 774 g/mol. The third-order valence-electron chi connectivity index (χ3n) is 8.09. The predicted octanol–water partition coefficient (Wildman–Crippen LogP) is 5.63. The van der Waals surface area contributed by atoms with Crippen molar-refractivity contribution in [2.24, 2.45) is 5.73 Å². The molecule has 0 saturated carbocycles. The first kappa shape index (κ1) is 41.9. The number of aliphatic hydroxyl groups excluding tert-OH is 1. The molecule has 4 atom stereocenters. The van der Waals surface area contributed by atoms with Crippen LogP contribution in [0.2, 0.25) is 0 Å². The molecule has 0 radical (unpaired) electrons. The molecule has 11 nitrogen and oxygen atoms in total. The monoisotopic (exact) mass is 773 g/mol. The summed E-state index contributed by atoms with van der Waals surface area (Å²) in [6, 6.07) is 12.3. The summed E-state index contributed by atoms with van der Waals surface area (Å²) >= 11 is 0. The summed E-state index contributed by atoms with van der Waals surface area (Å²) in [5.74, 6) is -5.40. The van der Waals surface area contributed by atoms with E-state index in [-0.39, 0.29) is 53.2 Å². The lowest BCUT2D eigenvalue weighted by Crippen LogP contribution is -2.49. The van der Waals surface area contributed by atoms with Crippen molar-refractivity contribution >= 4 is 27.7 Å². The first-order valence-electron chi connectivity index (χ1n) is 17.0. The number of sulfonamides is 1. The normalized spacial score (nSPS) is 14.1. The van der Waals surface area contributed by atoms with Crippen LogP contribution in [-0.4, -0.2) is 72.3 Å². The summed E-state index contributed by atoms with van der Waals surface area (Å²) in [5, 5.41) is 12.7. The van der Waals surface area contributed by atoms with Crippen LogP contribution in [0.25, 0.3) is 0 Å². The SMILES string of the molecule is C[C@H](O)CN(C[C@H](CCc1c(F)cncc1NC(=O)[C@@H](N)[C@@H](c1ccc(F)cc1)c1cc(F)cc(F)c1)NS(=O)(=O)c1ccccc1)C(=O)OC(C)(C)C. The number of nitrogens with two attached hydrogens (primary N) is 1. The number of pyridine rings is 1. The highest BCUT2D eigenvalue weighted by atomic mass is 32.2. The molecule has 1 heterocycles. The third kappa shape index (κ3) is 11.8.